The minimum atomic E-state index is -1.37. The highest BCUT2D eigenvalue weighted by atomic mass is 16.4. The fourth-order valence-electron chi connectivity index (χ4n) is 2.04. The molecule has 0 heterocycles. The molecule has 0 unspecified atom stereocenters. The van der Waals surface area contributed by atoms with E-state index >= 15 is 0 Å². The van der Waals surface area contributed by atoms with Gasteiger partial charge in [0.15, 0.2) is 0 Å². The molecule has 0 spiro atoms. The third-order valence-electron chi connectivity index (χ3n) is 3.32. The second kappa shape index (κ2) is 11.8. The largest absolute Gasteiger partial charge is 0.481 e. The molecule has 0 saturated carbocycles. The number of primary amides is 1. The Morgan fingerprint density at radius 3 is 2.24 bits per heavy atom. The minimum Gasteiger partial charge on any atom is -0.481 e. The molecule has 0 aromatic heterocycles. The Morgan fingerprint density at radius 1 is 1.12 bits per heavy atom. The Kier molecular flexibility index (Phi) is 10.6. The third kappa shape index (κ3) is 10.7. The van der Waals surface area contributed by atoms with Crippen LogP contribution in [-0.4, -0.2) is 63.9 Å². The van der Waals surface area contributed by atoms with Gasteiger partial charge in [-0.1, -0.05) is 19.8 Å². The number of nitrogens with one attached hydrogen (secondary N) is 1. The summed E-state index contributed by atoms with van der Waals surface area (Å²) >= 11 is 0. The van der Waals surface area contributed by atoms with E-state index in [0.717, 1.165) is 17.7 Å². The zero-order chi connectivity index (χ0) is 19.4. The second-order valence-electron chi connectivity index (χ2n) is 5.56. The molecule has 10 nitrogen and oxygen atoms in total. The Balaban J connectivity index is 4.79. The first kappa shape index (κ1) is 22.4. The molecule has 25 heavy (non-hydrogen) atoms. The molecule has 0 saturated heterocycles. The maximum atomic E-state index is 12.0. The number of nitrogens with two attached hydrogens (primary N) is 1. The van der Waals surface area contributed by atoms with Gasteiger partial charge in [0.1, 0.15) is 12.5 Å². The van der Waals surface area contributed by atoms with Gasteiger partial charge in [-0.25, -0.2) is 4.79 Å². The van der Waals surface area contributed by atoms with Crippen LogP contribution in [0.5, 0.6) is 0 Å². The zero-order valence-corrected chi connectivity index (χ0v) is 14.2. The number of amides is 3. The van der Waals surface area contributed by atoms with Crippen LogP contribution >= 0.6 is 0 Å². The van der Waals surface area contributed by atoms with E-state index in [1.54, 1.807) is 0 Å². The molecule has 0 rings (SSSR count). The summed E-state index contributed by atoms with van der Waals surface area (Å²) in [7, 11) is 0. The van der Waals surface area contributed by atoms with E-state index in [1.165, 1.54) is 0 Å². The Hall–Kier alpha value is -2.65. The van der Waals surface area contributed by atoms with E-state index in [2.05, 4.69) is 5.32 Å². The lowest BCUT2D eigenvalue weighted by molar-refractivity contribution is -0.143. The standard InChI is InChI=1S/C15H25N3O7/c1-2-3-4-7-18(13(21)8-11(16)19)9-12(20)17-10(15(24)25)5-6-14(22)23/h10H,2-9H2,1H3,(H2,16,19)(H,17,20)(H,22,23)(H,24,25)/t10-/m0/s1. The highest BCUT2D eigenvalue weighted by Crippen LogP contribution is 2.03. The molecular weight excluding hydrogens is 334 g/mol. The smallest absolute Gasteiger partial charge is 0.326 e. The molecule has 5 N–H and O–H groups in total. The molecule has 0 aliphatic heterocycles. The van der Waals surface area contributed by atoms with E-state index in [-0.39, 0.29) is 13.0 Å². The number of nitrogens with zero attached hydrogens (tertiary/aromatic N) is 1. The van der Waals surface area contributed by atoms with Gasteiger partial charge in [0, 0.05) is 13.0 Å². The molecule has 0 aromatic carbocycles. The maximum Gasteiger partial charge on any atom is 0.326 e. The number of unbranched alkanes of at least 4 members (excludes halogenated alkanes) is 2. The molecule has 142 valence electrons. The van der Waals surface area contributed by atoms with Gasteiger partial charge in [-0.3, -0.25) is 19.2 Å². The van der Waals surface area contributed by atoms with Gasteiger partial charge in [-0.05, 0) is 12.8 Å². The van der Waals surface area contributed by atoms with Crippen molar-refractivity contribution in [2.24, 2.45) is 5.73 Å². The van der Waals surface area contributed by atoms with Crippen molar-refractivity contribution in [3.63, 3.8) is 0 Å². The van der Waals surface area contributed by atoms with Gasteiger partial charge in [0.05, 0.1) is 6.54 Å². The summed E-state index contributed by atoms with van der Waals surface area (Å²) in [5.41, 5.74) is 4.98. The number of aliphatic carboxylic acids is 2. The number of hydrogen-bond acceptors (Lipinski definition) is 5. The second-order valence-corrected chi connectivity index (χ2v) is 5.56. The normalized spacial score (nSPS) is 11.4. The van der Waals surface area contributed by atoms with Crippen molar-refractivity contribution in [3.8, 4) is 0 Å². The number of hydrogen-bond donors (Lipinski definition) is 4. The number of carboxylic acids is 2. The number of rotatable bonds is 13. The predicted octanol–water partition coefficient (Wildman–Crippen LogP) is -0.685. The summed E-state index contributed by atoms with van der Waals surface area (Å²) in [6, 6.07) is -1.37. The van der Waals surface area contributed by atoms with Crippen LogP contribution in [-0.2, 0) is 24.0 Å². The molecule has 0 aromatic rings. The summed E-state index contributed by atoms with van der Waals surface area (Å²) in [6.07, 6.45) is 1.09. The van der Waals surface area contributed by atoms with Crippen molar-refractivity contribution in [1.29, 1.82) is 0 Å². The molecule has 0 radical (unpaired) electrons. The fourth-order valence-corrected chi connectivity index (χ4v) is 2.04. The van der Waals surface area contributed by atoms with Gasteiger partial charge in [-0.2, -0.15) is 0 Å². The van der Waals surface area contributed by atoms with Gasteiger partial charge in [0.25, 0.3) is 0 Å². The van der Waals surface area contributed by atoms with Crippen LogP contribution in [0.25, 0.3) is 0 Å². The van der Waals surface area contributed by atoms with E-state index in [1.807, 2.05) is 6.92 Å². The number of carbonyl (C=O) groups is 5. The van der Waals surface area contributed by atoms with Crippen molar-refractivity contribution >= 4 is 29.7 Å². The van der Waals surface area contributed by atoms with E-state index < -0.39 is 55.1 Å². The fraction of sp³-hybridized carbons (Fsp3) is 0.667. The van der Waals surface area contributed by atoms with E-state index in [4.69, 9.17) is 15.9 Å². The van der Waals surface area contributed by atoms with Crippen LogP contribution in [0.15, 0.2) is 0 Å². The summed E-state index contributed by atoms with van der Waals surface area (Å²) in [5.74, 6) is -4.73. The lowest BCUT2D eigenvalue weighted by Crippen LogP contribution is -2.47. The average Bonchev–Trinajstić information content (AvgIpc) is 2.49. The first-order valence-corrected chi connectivity index (χ1v) is 7.97. The highest BCUT2D eigenvalue weighted by molar-refractivity contribution is 5.97. The maximum absolute atomic E-state index is 12.0. The van der Waals surface area contributed by atoms with Gasteiger partial charge in [0.2, 0.25) is 17.7 Å². The third-order valence-corrected chi connectivity index (χ3v) is 3.32. The molecule has 0 bridgehead atoms. The van der Waals surface area contributed by atoms with Gasteiger partial charge >= 0.3 is 11.9 Å². The Morgan fingerprint density at radius 2 is 1.76 bits per heavy atom. The summed E-state index contributed by atoms with van der Waals surface area (Å²) in [6.45, 7) is 1.77. The van der Waals surface area contributed by atoms with Crippen molar-refractivity contribution < 1.29 is 34.2 Å². The molecule has 0 fully saturated rings. The minimum absolute atomic E-state index is 0.236. The van der Waals surface area contributed by atoms with Gasteiger partial charge < -0.3 is 26.2 Å². The Labute approximate surface area is 145 Å². The monoisotopic (exact) mass is 359 g/mol. The molecule has 0 aliphatic rings. The van der Waals surface area contributed by atoms with Crippen molar-refractivity contribution in [2.75, 3.05) is 13.1 Å². The summed E-state index contributed by atoms with van der Waals surface area (Å²) in [5, 5.41) is 19.8. The van der Waals surface area contributed by atoms with Crippen LogP contribution < -0.4 is 11.1 Å². The molecule has 10 heteroatoms. The number of carboxylic acid groups (broad SMARTS) is 2. The van der Waals surface area contributed by atoms with Crippen LogP contribution in [0, 0.1) is 0 Å². The lowest BCUT2D eigenvalue weighted by Gasteiger charge is -2.23. The summed E-state index contributed by atoms with van der Waals surface area (Å²) < 4.78 is 0. The summed E-state index contributed by atoms with van der Waals surface area (Å²) in [4.78, 5) is 57.6. The van der Waals surface area contributed by atoms with Crippen LogP contribution in [0.2, 0.25) is 0 Å². The van der Waals surface area contributed by atoms with Crippen LogP contribution in [0.3, 0.4) is 0 Å². The Bertz CT molecular complexity index is 507. The molecular formula is C15H25N3O7. The molecule has 0 aliphatic carbocycles. The topological polar surface area (TPSA) is 167 Å². The molecule has 1 atom stereocenters. The predicted molar refractivity (Wildman–Crippen MR) is 86.4 cm³/mol. The van der Waals surface area contributed by atoms with E-state index in [0.29, 0.717) is 6.42 Å². The highest BCUT2D eigenvalue weighted by Gasteiger charge is 2.24. The average molecular weight is 359 g/mol. The lowest BCUT2D eigenvalue weighted by atomic mass is 10.1. The van der Waals surface area contributed by atoms with Crippen LogP contribution in [0.4, 0.5) is 0 Å². The molecule has 3 amide bonds. The van der Waals surface area contributed by atoms with Gasteiger partial charge in [-0.15, -0.1) is 0 Å². The first-order valence-electron chi connectivity index (χ1n) is 7.97. The first-order chi connectivity index (χ1) is 11.7. The SMILES string of the molecule is CCCCCN(CC(=O)N[C@@H](CCC(=O)O)C(=O)O)C(=O)CC(N)=O. The van der Waals surface area contributed by atoms with E-state index in [9.17, 15) is 24.0 Å². The quantitative estimate of drug-likeness (QED) is 0.249. The van der Waals surface area contributed by atoms with Crippen LogP contribution in [0.1, 0.15) is 45.4 Å². The van der Waals surface area contributed by atoms with Crippen molar-refractivity contribution in [2.45, 2.75) is 51.5 Å². The van der Waals surface area contributed by atoms with Crippen molar-refractivity contribution in [3.05, 3.63) is 0 Å². The zero-order valence-electron chi connectivity index (χ0n) is 14.2. The van der Waals surface area contributed by atoms with Crippen molar-refractivity contribution in [1.82, 2.24) is 10.2 Å². The number of carbonyl (C=O) groups excluding carboxylic acids is 3.